The zero-order valence-corrected chi connectivity index (χ0v) is 11.4. The normalized spacial score (nSPS) is 20.5. The second kappa shape index (κ2) is 4.87. The SMILES string of the molecule is Cc1c(CNC(=O)[C@H]2C[C@@H]2C(=O)O)oc2ccc(F)cc12. The van der Waals surface area contributed by atoms with Crippen molar-refractivity contribution in [2.45, 2.75) is 19.9 Å². The van der Waals surface area contributed by atoms with Gasteiger partial charge >= 0.3 is 5.97 Å². The van der Waals surface area contributed by atoms with Crippen LogP contribution in [0.5, 0.6) is 0 Å². The summed E-state index contributed by atoms with van der Waals surface area (Å²) >= 11 is 0. The molecule has 1 aliphatic carbocycles. The number of fused-ring (bicyclic) bond motifs is 1. The zero-order chi connectivity index (χ0) is 15.1. The van der Waals surface area contributed by atoms with Gasteiger partial charge in [0.1, 0.15) is 17.2 Å². The second-order valence-electron chi connectivity index (χ2n) is 5.30. The summed E-state index contributed by atoms with van der Waals surface area (Å²) < 4.78 is 18.8. The molecule has 5 nitrogen and oxygen atoms in total. The molecule has 1 aromatic carbocycles. The number of amides is 1. The van der Waals surface area contributed by atoms with Crippen LogP contribution in [-0.2, 0) is 16.1 Å². The molecule has 0 saturated heterocycles. The molecule has 2 N–H and O–H groups in total. The zero-order valence-electron chi connectivity index (χ0n) is 11.4. The molecule has 0 radical (unpaired) electrons. The van der Waals surface area contributed by atoms with Crippen LogP contribution in [0, 0.1) is 24.6 Å². The van der Waals surface area contributed by atoms with Gasteiger partial charge in [-0.15, -0.1) is 0 Å². The average Bonchev–Trinajstić information content (AvgIpc) is 3.19. The summed E-state index contributed by atoms with van der Waals surface area (Å²) in [6.45, 7) is 1.97. The molecule has 1 saturated carbocycles. The van der Waals surface area contributed by atoms with Gasteiger partial charge in [-0.3, -0.25) is 9.59 Å². The highest BCUT2D eigenvalue weighted by atomic mass is 19.1. The standard InChI is InChI=1S/C15H14FNO4/c1-7-9-4-8(16)2-3-12(9)21-13(7)6-17-14(18)10-5-11(10)15(19)20/h2-4,10-11H,5-6H2,1H3,(H,17,18)(H,19,20)/t10-,11-/m0/s1. The fraction of sp³-hybridized carbons (Fsp3) is 0.333. The van der Waals surface area contributed by atoms with Crippen molar-refractivity contribution in [1.82, 2.24) is 5.32 Å². The molecule has 0 spiro atoms. The van der Waals surface area contributed by atoms with E-state index in [9.17, 15) is 14.0 Å². The first-order valence-corrected chi connectivity index (χ1v) is 6.65. The fourth-order valence-electron chi connectivity index (χ4n) is 2.47. The smallest absolute Gasteiger partial charge is 0.307 e. The number of hydrogen-bond acceptors (Lipinski definition) is 3. The third-order valence-electron chi connectivity index (χ3n) is 3.86. The van der Waals surface area contributed by atoms with Crippen LogP contribution in [-0.4, -0.2) is 17.0 Å². The number of carboxylic acids is 1. The minimum absolute atomic E-state index is 0.170. The van der Waals surface area contributed by atoms with Crippen LogP contribution in [0.25, 0.3) is 11.0 Å². The number of halogens is 1. The minimum atomic E-state index is -0.939. The lowest BCUT2D eigenvalue weighted by Gasteiger charge is -2.02. The first-order valence-electron chi connectivity index (χ1n) is 6.65. The second-order valence-corrected chi connectivity index (χ2v) is 5.30. The fourth-order valence-corrected chi connectivity index (χ4v) is 2.47. The topological polar surface area (TPSA) is 79.5 Å². The number of carboxylic acid groups (broad SMARTS) is 1. The predicted molar refractivity (Wildman–Crippen MR) is 72.0 cm³/mol. The Morgan fingerprint density at radius 1 is 1.43 bits per heavy atom. The van der Waals surface area contributed by atoms with E-state index in [2.05, 4.69) is 5.32 Å². The maximum atomic E-state index is 13.2. The molecular formula is C15H14FNO4. The van der Waals surface area contributed by atoms with E-state index < -0.39 is 17.8 Å². The molecule has 1 fully saturated rings. The Morgan fingerprint density at radius 2 is 2.19 bits per heavy atom. The number of aliphatic carboxylic acids is 1. The Morgan fingerprint density at radius 3 is 2.86 bits per heavy atom. The molecule has 2 atom stereocenters. The number of aryl methyl sites for hydroxylation is 1. The van der Waals surface area contributed by atoms with E-state index in [4.69, 9.17) is 9.52 Å². The highest BCUT2D eigenvalue weighted by molar-refractivity contribution is 5.89. The first kappa shape index (κ1) is 13.6. The van der Waals surface area contributed by atoms with Crippen molar-refractivity contribution in [3.63, 3.8) is 0 Å². The Labute approximate surface area is 119 Å². The lowest BCUT2D eigenvalue weighted by atomic mass is 10.1. The van der Waals surface area contributed by atoms with Crippen LogP contribution in [0.2, 0.25) is 0 Å². The van der Waals surface area contributed by atoms with Crippen LogP contribution < -0.4 is 5.32 Å². The van der Waals surface area contributed by atoms with Gasteiger partial charge in [0.05, 0.1) is 18.4 Å². The van der Waals surface area contributed by atoms with Gasteiger partial charge in [0.2, 0.25) is 5.91 Å². The van der Waals surface area contributed by atoms with E-state index in [-0.39, 0.29) is 18.3 Å². The van der Waals surface area contributed by atoms with Crippen molar-refractivity contribution in [1.29, 1.82) is 0 Å². The summed E-state index contributed by atoms with van der Waals surface area (Å²) in [7, 11) is 0. The summed E-state index contributed by atoms with van der Waals surface area (Å²) in [4.78, 5) is 22.5. The van der Waals surface area contributed by atoms with Crippen LogP contribution >= 0.6 is 0 Å². The molecule has 6 heteroatoms. The van der Waals surface area contributed by atoms with Crippen molar-refractivity contribution < 1.29 is 23.5 Å². The number of nitrogens with one attached hydrogen (secondary N) is 1. The predicted octanol–water partition coefficient (Wildman–Crippen LogP) is 2.22. The highest BCUT2D eigenvalue weighted by Gasteiger charge is 2.48. The quantitative estimate of drug-likeness (QED) is 0.905. The van der Waals surface area contributed by atoms with E-state index in [0.29, 0.717) is 23.2 Å². The summed E-state index contributed by atoms with van der Waals surface area (Å²) in [5, 5.41) is 12.1. The Bertz CT molecular complexity index is 737. The summed E-state index contributed by atoms with van der Waals surface area (Å²) in [6, 6.07) is 4.25. The lowest BCUT2D eigenvalue weighted by molar-refractivity contribution is -0.140. The van der Waals surface area contributed by atoms with E-state index in [0.717, 1.165) is 5.56 Å². The molecule has 1 amide bonds. The van der Waals surface area contributed by atoms with Crippen molar-refractivity contribution in [3.05, 3.63) is 35.3 Å². The number of hydrogen-bond donors (Lipinski definition) is 2. The first-order chi connectivity index (χ1) is 9.97. The molecule has 0 unspecified atom stereocenters. The van der Waals surface area contributed by atoms with Crippen LogP contribution in [0.1, 0.15) is 17.7 Å². The van der Waals surface area contributed by atoms with Gasteiger partial charge in [-0.2, -0.15) is 0 Å². The number of benzene rings is 1. The van der Waals surface area contributed by atoms with Crippen LogP contribution in [0.3, 0.4) is 0 Å². The Hall–Kier alpha value is -2.37. The van der Waals surface area contributed by atoms with Crippen LogP contribution in [0.15, 0.2) is 22.6 Å². The summed E-state index contributed by atoms with van der Waals surface area (Å²) in [5.74, 6) is -2.04. The summed E-state index contributed by atoms with van der Waals surface area (Å²) in [6.07, 6.45) is 0.380. The van der Waals surface area contributed by atoms with Crippen molar-refractivity contribution in [2.24, 2.45) is 11.8 Å². The van der Waals surface area contributed by atoms with Crippen molar-refractivity contribution in [3.8, 4) is 0 Å². The molecule has 1 aromatic heterocycles. The molecule has 2 aromatic rings. The van der Waals surface area contributed by atoms with E-state index >= 15 is 0 Å². The van der Waals surface area contributed by atoms with Gasteiger partial charge < -0.3 is 14.8 Å². The molecule has 21 heavy (non-hydrogen) atoms. The number of carbonyl (C=O) groups excluding carboxylic acids is 1. The Balaban J connectivity index is 1.70. The molecule has 0 aliphatic heterocycles. The van der Waals surface area contributed by atoms with Crippen molar-refractivity contribution >= 4 is 22.8 Å². The van der Waals surface area contributed by atoms with E-state index in [1.165, 1.54) is 12.1 Å². The van der Waals surface area contributed by atoms with Gasteiger partial charge in [0.15, 0.2) is 0 Å². The van der Waals surface area contributed by atoms with Gasteiger partial charge in [-0.1, -0.05) is 0 Å². The van der Waals surface area contributed by atoms with Gasteiger partial charge in [0, 0.05) is 10.9 Å². The van der Waals surface area contributed by atoms with E-state index in [1.54, 1.807) is 13.0 Å². The maximum Gasteiger partial charge on any atom is 0.307 e. The van der Waals surface area contributed by atoms with Crippen molar-refractivity contribution in [2.75, 3.05) is 0 Å². The number of rotatable bonds is 4. The maximum absolute atomic E-state index is 13.2. The monoisotopic (exact) mass is 291 g/mol. The molecule has 1 aliphatic rings. The summed E-state index contributed by atoms with van der Waals surface area (Å²) in [5.41, 5.74) is 1.34. The third kappa shape index (κ3) is 2.49. The molecule has 1 heterocycles. The van der Waals surface area contributed by atoms with Gasteiger partial charge in [-0.05, 0) is 31.5 Å². The van der Waals surface area contributed by atoms with Crippen LogP contribution in [0.4, 0.5) is 4.39 Å². The largest absolute Gasteiger partial charge is 0.481 e. The third-order valence-corrected chi connectivity index (χ3v) is 3.86. The minimum Gasteiger partial charge on any atom is -0.481 e. The van der Waals surface area contributed by atoms with Gasteiger partial charge in [-0.25, -0.2) is 4.39 Å². The lowest BCUT2D eigenvalue weighted by Crippen LogP contribution is -2.26. The highest BCUT2D eigenvalue weighted by Crippen LogP contribution is 2.38. The van der Waals surface area contributed by atoms with E-state index in [1.807, 2.05) is 0 Å². The van der Waals surface area contributed by atoms with Gasteiger partial charge in [0.25, 0.3) is 0 Å². The number of carbonyl (C=O) groups is 2. The Kier molecular flexibility index (Phi) is 3.16. The molecule has 0 bridgehead atoms. The number of furan rings is 1. The average molecular weight is 291 g/mol. The molecule has 3 rings (SSSR count). The molecular weight excluding hydrogens is 277 g/mol. The molecule has 110 valence electrons.